The van der Waals surface area contributed by atoms with Gasteiger partial charge in [-0.2, -0.15) is 5.26 Å². The summed E-state index contributed by atoms with van der Waals surface area (Å²) in [5, 5.41) is 22.4. The lowest BCUT2D eigenvalue weighted by molar-refractivity contribution is -0.119. The molecule has 11 nitrogen and oxygen atoms in total. The van der Waals surface area contributed by atoms with Gasteiger partial charge in [-0.3, -0.25) is 20.1 Å². The molecule has 0 spiro atoms. The van der Waals surface area contributed by atoms with Gasteiger partial charge in [-0.25, -0.2) is 13.9 Å². The topological polar surface area (TPSA) is 148 Å². The number of aryl methyl sites for hydroxylation is 2. The fraction of sp³-hybridized carbons (Fsp3) is 0.318. The summed E-state index contributed by atoms with van der Waals surface area (Å²) in [6.07, 6.45) is 2.06. The number of nitrogens with one attached hydrogen (secondary N) is 2. The largest absolute Gasteiger partial charge is 0.441 e. The molecule has 0 aliphatic heterocycles. The SMILES string of the molecule is Cc1ncc(F)cc1[C@@H](C)OC(=O)Nc1c(-c2ccc(NC(=O)C3(C#N)CC3)cn2)nnn1C. The van der Waals surface area contributed by atoms with E-state index in [0.717, 1.165) is 6.20 Å². The van der Waals surface area contributed by atoms with Crippen LogP contribution in [0.15, 0.2) is 30.6 Å². The van der Waals surface area contributed by atoms with E-state index < -0.39 is 23.4 Å². The predicted octanol–water partition coefficient (Wildman–Crippen LogP) is 3.27. The second kappa shape index (κ2) is 8.86. The number of anilines is 2. The van der Waals surface area contributed by atoms with Gasteiger partial charge < -0.3 is 10.1 Å². The van der Waals surface area contributed by atoms with Crippen molar-refractivity contribution in [2.45, 2.75) is 32.8 Å². The van der Waals surface area contributed by atoms with Crippen LogP contribution in [0.2, 0.25) is 0 Å². The van der Waals surface area contributed by atoms with E-state index >= 15 is 0 Å². The molecule has 4 rings (SSSR count). The van der Waals surface area contributed by atoms with Crippen molar-refractivity contribution in [2.75, 3.05) is 10.6 Å². The summed E-state index contributed by atoms with van der Waals surface area (Å²) >= 11 is 0. The molecule has 2 amide bonds. The number of pyridine rings is 2. The van der Waals surface area contributed by atoms with Gasteiger partial charge in [0, 0.05) is 18.3 Å². The summed E-state index contributed by atoms with van der Waals surface area (Å²) in [7, 11) is 1.59. The van der Waals surface area contributed by atoms with Crippen molar-refractivity contribution in [3.8, 4) is 17.5 Å². The van der Waals surface area contributed by atoms with Gasteiger partial charge in [0.25, 0.3) is 0 Å². The lowest BCUT2D eigenvalue weighted by atomic mass is 10.1. The first-order chi connectivity index (χ1) is 16.2. The Bertz CT molecular complexity index is 1290. The predicted molar refractivity (Wildman–Crippen MR) is 118 cm³/mol. The molecule has 3 aromatic heterocycles. The normalized spacial score (nSPS) is 14.6. The highest BCUT2D eigenvalue weighted by molar-refractivity contribution is 5.99. The van der Waals surface area contributed by atoms with Crippen molar-refractivity contribution in [1.82, 2.24) is 25.0 Å². The Labute approximate surface area is 194 Å². The van der Waals surface area contributed by atoms with Crippen LogP contribution in [-0.2, 0) is 16.6 Å². The molecule has 0 radical (unpaired) electrons. The Morgan fingerprint density at radius 3 is 2.68 bits per heavy atom. The fourth-order valence-electron chi connectivity index (χ4n) is 3.33. The molecular formula is C22H21FN8O3. The molecule has 34 heavy (non-hydrogen) atoms. The van der Waals surface area contributed by atoms with Crippen LogP contribution >= 0.6 is 0 Å². The summed E-state index contributed by atoms with van der Waals surface area (Å²) in [4.78, 5) is 33.0. The maximum Gasteiger partial charge on any atom is 0.413 e. The minimum atomic E-state index is -0.946. The van der Waals surface area contributed by atoms with Gasteiger partial charge in [0.2, 0.25) is 5.91 Å². The first-order valence-electron chi connectivity index (χ1n) is 10.4. The molecule has 1 saturated carbocycles. The first kappa shape index (κ1) is 22.8. The molecule has 3 aromatic rings. The summed E-state index contributed by atoms with van der Waals surface area (Å²) in [5.74, 6) is -0.649. The first-order valence-corrected chi connectivity index (χ1v) is 10.4. The molecular weight excluding hydrogens is 443 g/mol. The minimum Gasteiger partial charge on any atom is -0.441 e. The van der Waals surface area contributed by atoms with Crippen molar-refractivity contribution in [3.05, 3.63) is 47.7 Å². The second-order valence-corrected chi connectivity index (χ2v) is 7.99. The minimum absolute atomic E-state index is 0.233. The Kier molecular flexibility index (Phi) is 5.93. The second-order valence-electron chi connectivity index (χ2n) is 7.99. The van der Waals surface area contributed by atoms with Gasteiger partial charge in [-0.15, -0.1) is 5.10 Å². The average molecular weight is 464 g/mol. The maximum atomic E-state index is 13.5. The molecule has 1 aliphatic carbocycles. The van der Waals surface area contributed by atoms with E-state index in [0.29, 0.717) is 35.5 Å². The lowest BCUT2D eigenvalue weighted by Crippen LogP contribution is -2.22. The van der Waals surface area contributed by atoms with Crippen LogP contribution in [0, 0.1) is 29.5 Å². The van der Waals surface area contributed by atoms with Gasteiger partial charge in [0.1, 0.15) is 17.3 Å². The maximum absolute atomic E-state index is 13.5. The van der Waals surface area contributed by atoms with Crippen LogP contribution in [0.25, 0.3) is 11.4 Å². The molecule has 2 N–H and O–H groups in total. The van der Waals surface area contributed by atoms with E-state index in [4.69, 9.17) is 10.00 Å². The number of hydrogen-bond acceptors (Lipinski definition) is 8. The molecule has 1 aliphatic rings. The summed E-state index contributed by atoms with van der Waals surface area (Å²) < 4.78 is 20.3. The third kappa shape index (κ3) is 4.54. The molecule has 0 saturated heterocycles. The summed E-state index contributed by atoms with van der Waals surface area (Å²) in [5.41, 5.74) is 1.15. The fourth-order valence-corrected chi connectivity index (χ4v) is 3.33. The third-order valence-electron chi connectivity index (χ3n) is 5.52. The zero-order valence-electron chi connectivity index (χ0n) is 18.7. The number of nitrogens with zero attached hydrogens (tertiary/aromatic N) is 6. The smallest absolute Gasteiger partial charge is 0.413 e. The van der Waals surface area contributed by atoms with E-state index in [9.17, 15) is 14.0 Å². The number of ether oxygens (including phenoxy) is 1. The molecule has 0 bridgehead atoms. The highest BCUT2D eigenvalue weighted by Crippen LogP contribution is 2.45. The van der Waals surface area contributed by atoms with Gasteiger partial charge in [-0.05, 0) is 44.9 Å². The molecule has 1 atom stereocenters. The summed E-state index contributed by atoms with van der Waals surface area (Å²) in [6, 6.07) is 6.53. The average Bonchev–Trinajstić information content (AvgIpc) is 3.54. The number of hydrogen-bond donors (Lipinski definition) is 2. The van der Waals surface area contributed by atoms with E-state index in [1.165, 1.54) is 16.9 Å². The molecule has 12 heteroatoms. The number of amides is 2. The van der Waals surface area contributed by atoms with E-state index in [1.54, 1.807) is 33.0 Å². The molecule has 3 heterocycles. The van der Waals surface area contributed by atoms with Gasteiger partial charge in [0.15, 0.2) is 11.5 Å². The van der Waals surface area contributed by atoms with Crippen LogP contribution in [0.4, 0.5) is 20.7 Å². The number of rotatable bonds is 6. The van der Waals surface area contributed by atoms with E-state index in [-0.39, 0.29) is 17.4 Å². The van der Waals surface area contributed by atoms with E-state index in [1.807, 2.05) is 6.07 Å². The highest BCUT2D eigenvalue weighted by atomic mass is 19.1. The van der Waals surface area contributed by atoms with Crippen molar-refractivity contribution in [1.29, 1.82) is 5.26 Å². The zero-order chi connectivity index (χ0) is 24.5. The molecule has 0 unspecified atom stereocenters. The molecule has 174 valence electrons. The number of halogens is 1. The number of nitriles is 1. The van der Waals surface area contributed by atoms with Crippen LogP contribution < -0.4 is 10.6 Å². The van der Waals surface area contributed by atoms with Gasteiger partial charge >= 0.3 is 6.09 Å². The Morgan fingerprint density at radius 2 is 2.03 bits per heavy atom. The quantitative estimate of drug-likeness (QED) is 0.565. The van der Waals surface area contributed by atoms with Gasteiger partial charge in [0.05, 0.1) is 29.8 Å². The van der Waals surface area contributed by atoms with Gasteiger partial charge in [-0.1, -0.05) is 5.21 Å². The lowest BCUT2D eigenvalue weighted by Gasteiger charge is -2.16. The van der Waals surface area contributed by atoms with Crippen LogP contribution in [0.5, 0.6) is 0 Å². The monoisotopic (exact) mass is 464 g/mol. The van der Waals surface area contributed by atoms with Crippen LogP contribution in [0.3, 0.4) is 0 Å². The van der Waals surface area contributed by atoms with Crippen LogP contribution in [0.1, 0.15) is 37.1 Å². The molecule has 0 aromatic carbocycles. The van der Waals surface area contributed by atoms with Crippen molar-refractivity contribution < 1.29 is 18.7 Å². The molecule has 1 fully saturated rings. The standard InChI is InChI=1S/C22H21FN8O3/c1-12-16(8-14(23)9-25-12)13(2)34-21(33)28-19-18(29-30-31(19)3)17-5-4-15(10-26-17)27-20(32)22(11-24)6-7-22/h4-5,8-10,13H,6-7H2,1-3H3,(H,27,32)(H,28,33)/t13-/m1/s1. The highest BCUT2D eigenvalue weighted by Gasteiger charge is 2.50. The number of aromatic nitrogens is 5. The number of carbonyl (C=O) groups excluding carboxylic acids is 2. The van der Waals surface area contributed by atoms with Crippen molar-refractivity contribution in [2.24, 2.45) is 12.5 Å². The van der Waals surface area contributed by atoms with Crippen molar-refractivity contribution in [3.63, 3.8) is 0 Å². The van der Waals surface area contributed by atoms with Crippen molar-refractivity contribution >= 4 is 23.5 Å². The number of carbonyl (C=O) groups is 2. The van der Waals surface area contributed by atoms with Crippen LogP contribution in [-0.4, -0.2) is 37.0 Å². The Balaban J connectivity index is 1.46. The zero-order valence-corrected chi connectivity index (χ0v) is 18.7. The Hall–Kier alpha value is -4.40. The Morgan fingerprint density at radius 1 is 1.26 bits per heavy atom. The third-order valence-corrected chi connectivity index (χ3v) is 5.52. The summed E-state index contributed by atoms with van der Waals surface area (Å²) in [6.45, 7) is 3.30. The van der Waals surface area contributed by atoms with E-state index in [2.05, 4.69) is 30.9 Å².